The van der Waals surface area contributed by atoms with Crippen LogP contribution in [0.2, 0.25) is 0 Å². The number of nitrogens with zero attached hydrogens (tertiary/aromatic N) is 2. The molecule has 1 aromatic carbocycles. The topological polar surface area (TPSA) is 88.3 Å². The zero-order valence-corrected chi connectivity index (χ0v) is 14.2. The molecule has 1 aliphatic heterocycles. The second-order valence-corrected chi connectivity index (χ2v) is 5.56. The third kappa shape index (κ3) is 4.39. The number of carbonyl (C=O) groups excluding carboxylic acids is 1. The average Bonchev–Trinajstić information content (AvgIpc) is 2.61. The predicted molar refractivity (Wildman–Crippen MR) is 92.3 cm³/mol. The number of methoxy groups -OCH3 is 2. The fourth-order valence-electron chi connectivity index (χ4n) is 2.66. The van der Waals surface area contributed by atoms with E-state index in [1.165, 1.54) is 20.3 Å². The largest absolute Gasteiger partial charge is 0.502 e. The van der Waals surface area contributed by atoms with E-state index in [9.17, 15) is 9.90 Å². The molecular weight excluding hydrogens is 310 g/mol. The minimum absolute atomic E-state index is 0.0339. The summed E-state index contributed by atoms with van der Waals surface area (Å²) >= 11 is 0. The lowest BCUT2D eigenvalue weighted by molar-refractivity contribution is -0.127. The van der Waals surface area contributed by atoms with Gasteiger partial charge in [-0.1, -0.05) is 0 Å². The maximum absolute atomic E-state index is 12.3. The van der Waals surface area contributed by atoms with Crippen molar-refractivity contribution < 1.29 is 19.4 Å². The lowest BCUT2D eigenvalue weighted by Gasteiger charge is -2.33. The van der Waals surface area contributed by atoms with Gasteiger partial charge in [-0.25, -0.2) is 0 Å². The second-order valence-electron chi connectivity index (χ2n) is 5.56. The second kappa shape index (κ2) is 8.56. The fourth-order valence-corrected chi connectivity index (χ4v) is 2.66. The minimum atomic E-state index is -0.0560. The summed E-state index contributed by atoms with van der Waals surface area (Å²) in [5, 5.41) is 9.90. The molecule has 1 aliphatic rings. The highest BCUT2D eigenvalue weighted by molar-refractivity contribution is 5.92. The first kappa shape index (κ1) is 18.1. The van der Waals surface area contributed by atoms with Crippen LogP contribution >= 0.6 is 0 Å². The lowest BCUT2D eigenvalue weighted by atomic mass is 10.1. The molecule has 0 aromatic heterocycles. The number of hydrogen-bond donors (Lipinski definition) is 2. The summed E-state index contributed by atoms with van der Waals surface area (Å²) in [5.74, 6) is 0.515. The molecule has 0 saturated carbocycles. The number of piperazine rings is 1. The molecule has 1 heterocycles. The van der Waals surface area contributed by atoms with Crippen LogP contribution < -0.4 is 15.2 Å². The van der Waals surface area contributed by atoms with E-state index in [0.717, 1.165) is 25.2 Å². The Bertz CT molecular complexity index is 570. The van der Waals surface area contributed by atoms with Gasteiger partial charge in [0.05, 0.1) is 14.2 Å². The summed E-state index contributed by atoms with van der Waals surface area (Å²) in [6.07, 6.45) is 3.23. The Morgan fingerprint density at radius 3 is 2.29 bits per heavy atom. The molecule has 0 unspecified atom stereocenters. The van der Waals surface area contributed by atoms with Crippen molar-refractivity contribution >= 4 is 12.0 Å². The van der Waals surface area contributed by atoms with Gasteiger partial charge in [0.2, 0.25) is 11.7 Å². The van der Waals surface area contributed by atoms with Gasteiger partial charge in [-0.3, -0.25) is 9.69 Å². The number of benzene rings is 1. The number of carbonyl (C=O) groups is 1. The van der Waals surface area contributed by atoms with Gasteiger partial charge >= 0.3 is 0 Å². The maximum atomic E-state index is 12.3. The molecule has 132 valence electrons. The monoisotopic (exact) mass is 335 g/mol. The Hall–Kier alpha value is -2.25. The lowest BCUT2D eigenvalue weighted by Crippen LogP contribution is -2.49. The normalized spacial score (nSPS) is 15.7. The van der Waals surface area contributed by atoms with Gasteiger partial charge in [0.1, 0.15) is 0 Å². The predicted octanol–water partition coefficient (Wildman–Crippen LogP) is 0.525. The summed E-state index contributed by atoms with van der Waals surface area (Å²) in [6.45, 7) is 4.59. The molecule has 0 bridgehead atoms. The maximum Gasteiger partial charge on any atom is 0.246 e. The van der Waals surface area contributed by atoms with Crippen LogP contribution in [0.5, 0.6) is 17.2 Å². The molecule has 0 radical (unpaired) electrons. The molecule has 0 aliphatic carbocycles. The third-order valence-electron chi connectivity index (χ3n) is 4.05. The molecule has 7 nitrogen and oxygen atoms in total. The van der Waals surface area contributed by atoms with Crippen molar-refractivity contribution in [1.29, 1.82) is 0 Å². The molecule has 1 fully saturated rings. The number of ether oxygens (including phenoxy) is 2. The molecule has 7 heteroatoms. The van der Waals surface area contributed by atoms with Crippen molar-refractivity contribution in [2.75, 3.05) is 53.5 Å². The number of phenolic OH excluding ortho intramolecular Hbond substituents is 1. The zero-order chi connectivity index (χ0) is 17.5. The standard InChI is InChI=1S/C17H25N3O4/c1-23-14-11-13(12-15(24-2)17(14)22)3-4-16(21)20-9-7-19(6-5-18)8-10-20/h3-4,11-12,22H,5-10,18H2,1-2H3. The first-order chi connectivity index (χ1) is 11.6. The summed E-state index contributed by atoms with van der Waals surface area (Å²) < 4.78 is 10.2. The smallest absolute Gasteiger partial charge is 0.246 e. The van der Waals surface area contributed by atoms with Crippen molar-refractivity contribution in [2.24, 2.45) is 5.73 Å². The van der Waals surface area contributed by atoms with Crippen LogP contribution in [0.25, 0.3) is 6.08 Å². The summed E-state index contributed by atoms with van der Waals surface area (Å²) in [7, 11) is 2.93. The van der Waals surface area contributed by atoms with Crippen molar-refractivity contribution in [3.05, 3.63) is 23.8 Å². The third-order valence-corrected chi connectivity index (χ3v) is 4.05. The van der Waals surface area contributed by atoms with Crippen LogP contribution in [-0.2, 0) is 4.79 Å². The van der Waals surface area contributed by atoms with Gasteiger partial charge in [-0.15, -0.1) is 0 Å². The number of amides is 1. The van der Waals surface area contributed by atoms with E-state index in [-0.39, 0.29) is 11.7 Å². The Kier molecular flexibility index (Phi) is 6.45. The van der Waals surface area contributed by atoms with E-state index in [1.807, 2.05) is 4.90 Å². The van der Waals surface area contributed by atoms with E-state index in [0.29, 0.717) is 31.1 Å². The van der Waals surface area contributed by atoms with E-state index in [4.69, 9.17) is 15.2 Å². The van der Waals surface area contributed by atoms with E-state index in [1.54, 1.807) is 18.2 Å². The van der Waals surface area contributed by atoms with Crippen molar-refractivity contribution in [3.63, 3.8) is 0 Å². The molecule has 0 spiro atoms. The first-order valence-corrected chi connectivity index (χ1v) is 7.93. The summed E-state index contributed by atoms with van der Waals surface area (Å²) in [6, 6.07) is 3.31. The van der Waals surface area contributed by atoms with Gasteiger partial charge in [0, 0.05) is 45.3 Å². The van der Waals surface area contributed by atoms with Crippen molar-refractivity contribution in [2.45, 2.75) is 0 Å². The van der Waals surface area contributed by atoms with Gasteiger partial charge < -0.3 is 25.2 Å². The van der Waals surface area contributed by atoms with E-state index >= 15 is 0 Å². The minimum Gasteiger partial charge on any atom is -0.502 e. The number of hydrogen-bond acceptors (Lipinski definition) is 6. The highest BCUT2D eigenvalue weighted by atomic mass is 16.5. The van der Waals surface area contributed by atoms with Gasteiger partial charge in [0.15, 0.2) is 11.5 Å². The Morgan fingerprint density at radius 2 is 1.79 bits per heavy atom. The molecular formula is C17H25N3O4. The van der Waals surface area contributed by atoms with Crippen LogP contribution in [0.3, 0.4) is 0 Å². The average molecular weight is 335 g/mol. The van der Waals surface area contributed by atoms with Crippen LogP contribution in [-0.4, -0.2) is 74.3 Å². The van der Waals surface area contributed by atoms with Crippen molar-refractivity contribution in [3.8, 4) is 17.2 Å². The molecule has 1 saturated heterocycles. The van der Waals surface area contributed by atoms with Gasteiger partial charge in [0.25, 0.3) is 0 Å². The van der Waals surface area contributed by atoms with E-state index < -0.39 is 0 Å². The molecule has 24 heavy (non-hydrogen) atoms. The SMILES string of the molecule is COc1cc(C=CC(=O)N2CCN(CCN)CC2)cc(OC)c1O. The molecule has 3 N–H and O–H groups in total. The Balaban J connectivity index is 2.01. The Morgan fingerprint density at radius 1 is 1.21 bits per heavy atom. The van der Waals surface area contributed by atoms with Gasteiger partial charge in [-0.05, 0) is 23.8 Å². The van der Waals surface area contributed by atoms with E-state index in [2.05, 4.69) is 4.90 Å². The zero-order valence-electron chi connectivity index (χ0n) is 14.2. The highest BCUT2D eigenvalue weighted by Gasteiger charge is 2.19. The quantitative estimate of drug-likeness (QED) is 0.737. The number of aromatic hydroxyl groups is 1. The summed E-state index contributed by atoms with van der Waals surface area (Å²) in [5.41, 5.74) is 6.27. The number of nitrogens with two attached hydrogens (primary N) is 1. The van der Waals surface area contributed by atoms with Crippen LogP contribution in [0, 0.1) is 0 Å². The number of phenols is 1. The highest BCUT2D eigenvalue weighted by Crippen LogP contribution is 2.37. The fraction of sp³-hybridized carbons (Fsp3) is 0.471. The Labute approximate surface area is 142 Å². The van der Waals surface area contributed by atoms with Crippen LogP contribution in [0.15, 0.2) is 18.2 Å². The summed E-state index contributed by atoms with van der Waals surface area (Å²) in [4.78, 5) is 16.4. The first-order valence-electron chi connectivity index (χ1n) is 7.93. The van der Waals surface area contributed by atoms with Crippen LogP contribution in [0.4, 0.5) is 0 Å². The molecule has 1 aromatic rings. The van der Waals surface area contributed by atoms with Gasteiger partial charge in [-0.2, -0.15) is 0 Å². The molecule has 0 atom stereocenters. The molecule has 1 amide bonds. The van der Waals surface area contributed by atoms with Crippen molar-refractivity contribution in [1.82, 2.24) is 9.80 Å². The number of rotatable bonds is 6. The van der Waals surface area contributed by atoms with Crippen LogP contribution in [0.1, 0.15) is 5.56 Å². The molecule has 2 rings (SSSR count).